The molecule has 3 aliphatic rings. The largest absolute Gasteiger partial charge is 0.272 e. The molecule has 1 saturated carbocycles. The number of hydrogen-bond donors (Lipinski definition) is 0. The summed E-state index contributed by atoms with van der Waals surface area (Å²) < 4.78 is 0. The van der Waals surface area contributed by atoms with Crippen molar-refractivity contribution < 1.29 is 9.59 Å². The number of hydrazone groups is 1. The van der Waals surface area contributed by atoms with Gasteiger partial charge in [0.25, 0.3) is 11.8 Å². The van der Waals surface area contributed by atoms with Gasteiger partial charge < -0.3 is 0 Å². The van der Waals surface area contributed by atoms with Gasteiger partial charge in [0, 0.05) is 9.79 Å². The third-order valence-electron chi connectivity index (χ3n) is 5.63. The Morgan fingerprint density at radius 3 is 2.07 bits per heavy atom. The maximum absolute atomic E-state index is 12.6. The minimum Gasteiger partial charge on any atom is -0.272 e. The van der Waals surface area contributed by atoms with Crippen molar-refractivity contribution >= 4 is 29.8 Å². The van der Waals surface area contributed by atoms with Gasteiger partial charge in [-0.3, -0.25) is 9.59 Å². The number of allylic oxidation sites excluding steroid dienone is 2. The topological polar surface area (TPSA) is 49.7 Å². The van der Waals surface area contributed by atoms with Crippen LogP contribution < -0.4 is 0 Å². The predicted octanol–water partition coefficient (Wildman–Crippen LogP) is 3.98. The second-order valence-electron chi connectivity index (χ2n) is 7.22. The van der Waals surface area contributed by atoms with Crippen LogP contribution in [0.1, 0.15) is 12.0 Å². The third kappa shape index (κ3) is 2.82. The van der Waals surface area contributed by atoms with Crippen molar-refractivity contribution in [1.29, 1.82) is 0 Å². The first-order chi connectivity index (χ1) is 13.2. The van der Waals surface area contributed by atoms with Gasteiger partial charge in [0.05, 0.1) is 18.1 Å². The normalized spacial score (nSPS) is 28.5. The van der Waals surface area contributed by atoms with E-state index in [1.54, 1.807) is 18.0 Å². The van der Waals surface area contributed by atoms with Gasteiger partial charge in [-0.2, -0.15) is 10.1 Å². The number of carbonyl (C=O) groups excluding carboxylic acids is 2. The number of rotatable bonds is 4. The van der Waals surface area contributed by atoms with Crippen molar-refractivity contribution in [3.63, 3.8) is 0 Å². The first-order valence-corrected chi connectivity index (χ1v) is 9.95. The predicted molar refractivity (Wildman–Crippen MR) is 104 cm³/mol. The lowest BCUT2D eigenvalue weighted by Crippen LogP contribution is -2.28. The summed E-state index contributed by atoms with van der Waals surface area (Å²) in [7, 11) is 0. The number of hydrogen-bond acceptors (Lipinski definition) is 4. The highest BCUT2D eigenvalue weighted by Gasteiger charge is 2.59. The molecule has 1 saturated heterocycles. The molecule has 27 heavy (non-hydrogen) atoms. The zero-order valence-electron chi connectivity index (χ0n) is 14.6. The van der Waals surface area contributed by atoms with Gasteiger partial charge in [0.15, 0.2) is 0 Å². The minimum atomic E-state index is -0.200. The minimum absolute atomic E-state index is 0.144. The van der Waals surface area contributed by atoms with Gasteiger partial charge in [-0.15, -0.1) is 0 Å². The summed E-state index contributed by atoms with van der Waals surface area (Å²) in [6.07, 6.45) is 6.72. The molecule has 2 aromatic rings. The number of benzene rings is 2. The molecule has 134 valence electrons. The zero-order chi connectivity index (χ0) is 18.4. The Bertz CT molecular complexity index is 922. The Labute approximate surface area is 162 Å². The number of fused-ring (bicyclic) bond motifs is 5. The van der Waals surface area contributed by atoms with Gasteiger partial charge in [-0.25, -0.2) is 0 Å². The van der Waals surface area contributed by atoms with Crippen LogP contribution in [-0.2, 0) is 9.59 Å². The summed E-state index contributed by atoms with van der Waals surface area (Å²) >= 11 is 1.69. The van der Waals surface area contributed by atoms with Crippen molar-refractivity contribution in [2.24, 2.45) is 28.8 Å². The van der Waals surface area contributed by atoms with Crippen LogP contribution >= 0.6 is 11.8 Å². The van der Waals surface area contributed by atoms with Crippen LogP contribution in [0.25, 0.3) is 0 Å². The average molecular weight is 374 g/mol. The molecule has 2 aromatic carbocycles. The third-order valence-corrected chi connectivity index (χ3v) is 6.64. The first kappa shape index (κ1) is 16.5. The Morgan fingerprint density at radius 1 is 0.852 bits per heavy atom. The zero-order valence-corrected chi connectivity index (χ0v) is 15.4. The molecule has 0 aromatic heterocycles. The summed E-state index contributed by atoms with van der Waals surface area (Å²) in [5, 5.41) is 5.31. The van der Waals surface area contributed by atoms with Gasteiger partial charge in [0.1, 0.15) is 0 Å². The van der Waals surface area contributed by atoms with Crippen molar-refractivity contribution in [2.45, 2.75) is 16.2 Å². The fourth-order valence-electron chi connectivity index (χ4n) is 4.37. The molecule has 2 bridgehead atoms. The van der Waals surface area contributed by atoms with E-state index in [0.29, 0.717) is 0 Å². The molecule has 4 atom stereocenters. The van der Waals surface area contributed by atoms with Gasteiger partial charge >= 0.3 is 0 Å². The van der Waals surface area contributed by atoms with Gasteiger partial charge in [0.2, 0.25) is 0 Å². The van der Waals surface area contributed by atoms with Crippen LogP contribution in [0.3, 0.4) is 0 Å². The molecule has 0 unspecified atom stereocenters. The molecule has 5 rings (SSSR count). The molecule has 0 radical (unpaired) electrons. The molecule has 1 aliphatic heterocycles. The van der Waals surface area contributed by atoms with E-state index in [9.17, 15) is 9.59 Å². The van der Waals surface area contributed by atoms with E-state index in [1.165, 1.54) is 4.90 Å². The maximum Gasteiger partial charge on any atom is 0.254 e. The van der Waals surface area contributed by atoms with Crippen molar-refractivity contribution in [3.8, 4) is 0 Å². The lowest BCUT2D eigenvalue weighted by Gasteiger charge is -2.13. The maximum atomic E-state index is 12.6. The van der Waals surface area contributed by atoms with Crippen molar-refractivity contribution in [2.75, 3.05) is 0 Å². The lowest BCUT2D eigenvalue weighted by atomic mass is 9.85. The van der Waals surface area contributed by atoms with Gasteiger partial charge in [-0.05, 0) is 48.1 Å². The highest BCUT2D eigenvalue weighted by molar-refractivity contribution is 7.99. The monoisotopic (exact) mass is 374 g/mol. The molecule has 2 aliphatic carbocycles. The van der Waals surface area contributed by atoms with E-state index in [0.717, 1.165) is 21.9 Å². The van der Waals surface area contributed by atoms with E-state index in [4.69, 9.17) is 0 Å². The van der Waals surface area contributed by atoms with E-state index >= 15 is 0 Å². The summed E-state index contributed by atoms with van der Waals surface area (Å²) in [5.74, 6) is -0.260. The van der Waals surface area contributed by atoms with Crippen LogP contribution in [0.2, 0.25) is 0 Å². The molecule has 2 amide bonds. The van der Waals surface area contributed by atoms with Crippen LogP contribution in [0.5, 0.6) is 0 Å². The lowest BCUT2D eigenvalue weighted by molar-refractivity contribution is -0.140. The highest BCUT2D eigenvalue weighted by atomic mass is 32.2. The first-order valence-electron chi connectivity index (χ1n) is 9.14. The highest BCUT2D eigenvalue weighted by Crippen LogP contribution is 2.52. The fourth-order valence-corrected chi connectivity index (χ4v) is 5.21. The number of imide groups is 1. The average Bonchev–Trinajstić information content (AvgIpc) is 3.37. The summed E-state index contributed by atoms with van der Waals surface area (Å²) in [5.41, 5.74) is 0.867. The molecule has 5 heteroatoms. The molecule has 0 spiro atoms. The number of carbonyl (C=O) groups is 2. The Hall–Kier alpha value is -2.66. The smallest absolute Gasteiger partial charge is 0.254 e. The molecule has 4 nitrogen and oxygen atoms in total. The van der Waals surface area contributed by atoms with Crippen LogP contribution in [-0.4, -0.2) is 23.0 Å². The second-order valence-corrected chi connectivity index (χ2v) is 8.36. The van der Waals surface area contributed by atoms with E-state index < -0.39 is 0 Å². The Morgan fingerprint density at radius 2 is 1.44 bits per heavy atom. The SMILES string of the molecule is O=C1[C@@H]2[C@H](C(=O)N1N=Cc1ccc(Sc3ccccc3)cc1)[C@H]1C=C[C@H]2C1. The van der Waals surface area contributed by atoms with E-state index in [-0.39, 0.29) is 35.5 Å². The van der Waals surface area contributed by atoms with Gasteiger partial charge in [-0.1, -0.05) is 54.2 Å². The molecule has 0 N–H and O–H groups in total. The second kappa shape index (κ2) is 6.50. The summed E-state index contributed by atoms with van der Waals surface area (Å²) in [4.78, 5) is 27.6. The van der Waals surface area contributed by atoms with E-state index in [1.807, 2.05) is 42.5 Å². The van der Waals surface area contributed by atoms with E-state index in [2.05, 4.69) is 29.4 Å². The molecule has 2 fully saturated rings. The Kier molecular flexibility index (Phi) is 3.97. The molecular weight excluding hydrogens is 356 g/mol. The number of nitrogens with zero attached hydrogens (tertiary/aromatic N) is 2. The molecule has 1 heterocycles. The van der Waals surface area contributed by atoms with Crippen LogP contribution in [0.15, 0.2) is 81.6 Å². The Balaban J connectivity index is 1.29. The standard InChI is InChI=1S/C22H18N2O2S/c25-21-19-15-8-9-16(12-15)20(19)22(26)24(21)23-13-14-6-10-18(11-7-14)27-17-4-2-1-3-5-17/h1-11,13,15-16,19-20H,12H2/t15-,16-,19-,20+/m0/s1. The number of amides is 2. The molecular formula is C22H18N2O2S. The van der Waals surface area contributed by atoms with Crippen molar-refractivity contribution in [3.05, 3.63) is 72.3 Å². The quantitative estimate of drug-likeness (QED) is 0.462. The summed E-state index contributed by atoms with van der Waals surface area (Å²) in [6, 6.07) is 18.1. The van der Waals surface area contributed by atoms with Crippen molar-refractivity contribution in [1.82, 2.24) is 5.01 Å². The van der Waals surface area contributed by atoms with Crippen LogP contribution in [0.4, 0.5) is 0 Å². The van der Waals surface area contributed by atoms with Crippen LogP contribution in [0, 0.1) is 23.7 Å². The fraction of sp³-hybridized carbons (Fsp3) is 0.227. The summed E-state index contributed by atoms with van der Waals surface area (Å²) in [6.45, 7) is 0.